The van der Waals surface area contributed by atoms with Crippen LogP contribution in [0.15, 0.2) is 79.3 Å². The number of amides is 1. The van der Waals surface area contributed by atoms with E-state index in [1.54, 1.807) is 48.7 Å². The van der Waals surface area contributed by atoms with E-state index in [4.69, 9.17) is 5.26 Å². The molecule has 4 aromatic rings. The maximum atomic E-state index is 12.4. The Balaban J connectivity index is 1.40. The van der Waals surface area contributed by atoms with Gasteiger partial charge in [0.15, 0.2) is 0 Å². The lowest BCUT2D eigenvalue weighted by molar-refractivity contribution is 0.102. The number of nitrogens with one attached hydrogen (secondary N) is 3. The Morgan fingerprint density at radius 3 is 2.31 bits per heavy atom. The van der Waals surface area contributed by atoms with Crippen molar-refractivity contribution in [1.82, 2.24) is 15.0 Å². The third-order valence-corrected chi connectivity index (χ3v) is 4.51. The first-order valence-corrected chi connectivity index (χ1v) is 9.79. The number of rotatable bonds is 6. The standard InChI is InChI=1S/C24H19N7O/c1-16-9-10-26-21(11-16)31-23-13-22(27-15-28-23)29-19-5-7-20(8-6-19)30-24(32)18-4-2-3-17(12-18)14-25/h2-13,15H,1H3,(H,30,32)(H2,26,27,28,29,31). The highest BCUT2D eigenvalue weighted by Crippen LogP contribution is 2.21. The summed E-state index contributed by atoms with van der Waals surface area (Å²) in [5, 5.41) is 18.2. The third-order valence-electron chi connectivity index (χ3n) is 4.51. The lowest BCUT2D eigenvalue weighted by atomic mass is 10.1. The summed E-state index contributed by atoms with van der Waals surface area (Å²) in [7, 11) is 0. The van der Waals surface area contributed by atoms with Crippen molar-refractivity contribution in [3.63, 3.8) is 0 Å². The van der Waals surface area contributed by atoms with Crippen LogP contribution in [0.1, 0.15) is 21.5 Å². The zero-order valence-electron chi connectivity index (χ0n) is 17.2. The van der Waals surface area contributed by atoms with Crippen LogP contribution in [0.2, 0.25) is 0 Å². The summed E-state index contributed by atoms with van der Waals surface area (Å²) in [4.78, 5) is 25.1. The first-order valence-electron chi connectivity index (χ1n) is 9.79. The monoisotopic (exact) mass is 421 g/mol. The molecule has 0 fully saturated rings. The SMILES string of the molecule is Cc1ccnc(Nc2cc(Nc3ccc(NC(=O)c4cccc(C#N)c4)cc3)ncn2)c1. The van der Waals surface area contributed by atoms with Gasteiger partial charge in [-0.15, -0.1) is 0 Å². The van der Waals surface area contributed by atoms with Crippen molar-refractivity contribution in [3.05, 3.63) is 95.9 Å². The number of carbonyl (C=O) groups is 1. The minimum atomic E-state index is -0.279. The molecule has 0 saturated carbocycles. The second-order valence-electron chi connectivity index (χ2n) is 6.98. The average Bonchev–Trinajstić information content (AvgIpc) is 2.81. The van der Waals surface area contributed by atoms with Gasteiger partial charge in [-0.1, -0.05) is 6.07 Å². The van der Waals surface area contributed by atoms with Gasteiger partial charge < -0.3 is 16.0 Å². The maximum Gasteiger partial charge on any atom is 0.255 e. The van der Waals surface area contributed by atoms with E-state index in [1.807, 2.05) is 37.3 Å². The topological polar surface area (TPSA) is 116 Å². The third kappa shape index (κ3) is 5.23. The Morgan fingerprint density at radius 2 is 1.56 bits per heavy atom. The normalized spacial score (nSPS) is 10.1. The number of carbonyl (C=O) groups excluding carboxylic acids is 1. The van der Waals surface area contributed by atoms with Gasteiger partial charge in [-0.25, -0.2) is 15.0 Å². The van der Waals surface area contributed by atoms with Gasteiger partial charge in [-0.2, -0.15) is 5.26 Å². The van der Waals surface area contributed by atoms with Crippen molar-refractivity contribution in [2.45, 2.75) is 6.92 Å². The molecule has 156 valence electrons. The molecule has 0 aliphatic carbocycles. The van der Waals surface area contributed by atoms with Crippen LogP contribution in [-0.2, 0) is 0 Å². The lowest BCUT2D eigenvalue weighted by Crippen LogP contribution is -2.11. The second-order valence-corrected chi connectivity index (χ2v) is 6.98. The molecule has 0 spiro atoms. The fourth-order valence-corrected chi connectivity index (χ4v) is 2.95. The number of benzene rings is 2. The average molecular weight is 421 g/mol. The fraction of sp³-hybridized carbons (Fsp3) is 0.0417. The van der Waals surface area contributed by atoms with Crippen molar-refractivity contribution < 1.29 is 4.79 Å². The molecule has 0 atom stereocenters. The maximum absolute atomic E-state index is 12.4. The largest absolute Gasteiger partial charge is 0.340 e. The van der Waals surface area contributed by atoms with Crippen LogP contribution >= 0.6 is 0 Å². The first kappa shape index (κ1) is 20.5. The van der Waals surface area contributed by atoms with Gasteiger partial charge in [-0.3, -0.25) is 4.79 Å². The van der Waals surface area contributed by atoms with E-state index in [1.165, 1.54) is 6.33 Å². The minimum Gasteiger partial charge on any atom is -0.340 e. The van der Waals surface area contributed by atoms with Crippen LogP contribution in [0.5, 0.6) is 0 Å². The van der Waals surface area contributed by atoms with E-state index in [9.17, 15) is 4.79 Å². The molecule has 2 aromatic heterocycles. The molecule has 8 nitrogen and oxygen atoms in total. The molecule has 4 rings (SSSR count). The number of pyridine rings is 1. The number of nitrogens with zero attached hydrogens (tertiary/aromatic N) is 4. The number of hydrogen-bond donors (Lipinski definition) is 3. The van der Waals surface area contributed by atoms with Crippen LogP contribution in [-0.4, -0.2) is 20.9 Å². The quantitative estimate of drug-likeness (QED) is 0.410. The lowest BCUT2D eigenvalue weighted by Gasteiger charge is -2.10. The molecule has 3 N–H and O–H groups in total. The van der Waals surface area contributed by atoms with Gasteiger partial charge in [0, 0.05) is 29.2 Å². The van der Waals surface area contributed by atoms with Crippen LogP contribution in [0.3, 0.4) is 0 Å². The molecule has 0 saturated heterocycles. The Kier molecular flexibility index (Phi) is 6.00. The molecule has 32 heavy (non-hydrogen) atoms. The predicted molar refractivity (Wildman–Crippen MR) is 123 cm³/mol. The molecule has 2 aromatic carbocycles. The van der Waals surface area contributed by atoms with Crippen molar-refractivity contribution >= 4 is 34.7 Å². The molecule has 0 bridgehead atoms. The van der Waals surface area contributed by atoms with Gasteiger partial charge in [0.1, 0.15) is 23.8 Å². The zero-order chi connectivity index (χ0) is 22.3. The number of nitriles is 1. The molecule has 2 heterocycles. The van der Waals surface area contributed by atoms with Crippen LogP contribution in [0, 0.1) is 18.3 Å². The molecule has 0 aliphatic heterocycles. The van der Waals surface area contributed by atoms with Crippen molar-refractivity contribution in [2.24, 2.45) is 0 Å². The Labute approximate surface area is 185 Å². The van der Waals surface area contributed by atoms with Crippen molar-refractivity contribution in [3.8, 4) is 6.07 Å². The van der Waals surface area contributed by atoms with E-state index < -0.39 is 0 Å². The number of hydrogen-bond acceptors (Lipinski definition) is 7. The van der Waals surface area contributed by atoms with Gasteiger partial charge in [0.2, 0.25) is 0 Å². The molecule has 0 unspecified atom stereocenters. The van der Waals surface area contributed by atoms with Crippen molar-refractivity contribution in [1.29, 1.82) is 5.26 Å². The van der Waals surface area contributed by atoms with E-state index in [2.05, 4.69) is 30.9 Å². The smallest absolute Gasteiger partial charge is 0.255 e. The van der Waals surface area contributed by atoms with Crippen LogP contribution < -0.4 is 16.0 Å². The van der Waals surface area contributed by atoms with E-state index >= 15 is 0 Å². The molecule has 8 heteroatoms. The summed E-state index contributed by atoms with van der Waals surface area (Å²) in [6, 6.07) is 21.4. The summed E-state index contributed by atoms with van der Waals surface area (Å²) >= 11 is 0. The number of aryl methyl sites for hydroxylation is 1. The second kappa shape index (κ2) is 9.36. The van der Waals surface area contributed by atoms with Gasteiger partial charge in [0.25, 0.3) is 5.91 Å². The van der Waals surface area contributed by atoms with Gasteiger partial charge in [-0.05, 0) is 67.1 Å². The predicted octanol–water partition coefficient (Wildman–Crippen LogP) is 4.79. The Hall–Kier alpha value is -4.77. The summed E-state index contributed by atoms with van der Waals surface area (Å²) < 4.78 is 0. The Bertz CT molecular complexity index is 1300. The Morgan fingerprint density at radius 1 is 0.844 bits per heavy atom. The van der Waals surface area contributed by atoms with Crippen LogP contribution in [0.25, 0.3) is 0 Å². The highest BCUT2D eigenvalue weighted by atomic mass is 16.1. The highest BCUT2D eigenvalue weighted by Gasteiger charge is 2.07. The van der Waals surface area contributed by atoms with E-state index in [0.717, 1.165) is 11.3 Å². The van der Waals surface area contributed by atoms with Crippen molar-refractivity contribution in [2.75, 3.05) is 16.0 Å². The summed E-state index contributed by atoms with van der Waals surface area (Å²) in [5.41, 5.74) is 3.40. The fourth-order valence-electron chi connectivity index (χ4n) is 2.95. The van der Waals surface area contributed by atoms with Gasteiger partial charge in [0.05, 0.1) is 11.6 Å². The molecular weight excluding hydrogens is 402 g/mol. The molecular formula is C24H19N7O. The van der Waals surface area contributed by atoms with E-state index in [0.29, 0.717) is 34.3 Å². The minimum absolute atomic E-state index is 0.279. The summed E-state index contributed by atoms with van der Waals surface area (Å²) in [5.74, 6) is 1.65. The zero-order valence-corrected chi connectivity index (χ0v) is 17.2. The molecule has 1 amide bonds. The summed E-state index contributed by atoms with van der Waals surface area (Å²) in [6.07, 6.45) is 3.20. The number of aromatic nitrogens is 3. The van der Waals surface area contributed by atoms with Crippen LogP contribution in [0.4, 0.5) is 28.8 Å². The number of anilines is 5. The molecule has 0 aliphatic rings. The van der Waals surface area contributed by atoms with E-state index in [-0.39, 0.29) is 5.91 Å². The molecule has 0 radical (unpaired) electrons. The first-order chi connectivity index (χ1) is 15.6. The summed E-state index contributed by atoms with van der Waals surface area (Å²) in [6.45, 7) is 2.00. The highest BCUT2D eigenvalue weighted by molar-refractivity contribution is 6.04. The van der Waals surface area contributed by atoms with Gasteiger partial charge >= 0.3 is 0 Å².